The standard InChI is InChI=1S/C25H27N3O5/c1-13-11-26-22(32-4)10-18(13)19-12-27-23(15(3)28-19)20-8-7-16-5-6-17(9-21(16)33-20)24(29)14(2)25(30)31/h5-6,9-12,14,20,24,29H,7-8H2,1-4H3,(H,30,31)/t14-,20?,24+/m0/s1. The van der Waals surface area contributed by atoms with Crippen molar-refractivity contribution < 1.29 is 24.5 Å². The largest absolute Gasteiger partial charge is 0.484 e. The number of methoxy groups -OCH3 is 1. The van der Waals surface area contributed by atoms with E-state index in [1.807, 2.05) is 26.0 Å². The summed E-state index contributed by atoms with van der Waals surface area (Å²) in [6.07, 6.45) is 3.62. The second-order valence-electron chi connectivity index (χ2n) is 8.35. The summed E-state index contributed by atoms with van der Waals surface area (Å²) in [6, 6.07) is 7.23. The van der Waals surface area contributed by atoms with Crippen LogP contribution in [-0.2, 0) is 11.2 Å². The number of hydrogen-bond acceptors (Lipinski definition) is 7. The first-order valence-corrected chi connectivity index (χ1v) is 10.8. The van der Waals surface area contributed by atoms with E-state index in [0.29, 0.717) is 17.2 Å². The Morgan fingerprint density at radius 2 is 2.00 bits per heavy atom. The van der Waals surface area contributed by atoms with Crippen molar-refractivity contribution in [2.45, 2.75) is 45.8 Å². The van der Waals surface area contributed by atoms with Crippen LogP contribution in [0.5, 0.6) is 11.6 Å². The van der Waals surface area contributed by atoms with Gasteiger partial charge in [0, 0.05) is 17.8 Å². The zero-order valence-corrected chi connectivity index (χ0v) is 19.1. The Kier molecular flexibility index (Phi) is 6.29. The summed E-state index contributed by atoms with van der Waals surface area (Å²) >= 11 is 0. The monoisotopic (exact) mass is 449 g/mol. The van der Waals surface area contributed by atoms with Gasteiger partial charge in [-0.15, -0.1) is 0 Å². The van der Waals surface area contributed by atoms with Crippen molar-refractivity contribution in [2.24, 2.45) is 5.92 Å². The minimum absolute atomic E-state index is 0.281. The van der Waals surface area contributed by atoms with Crippen LogP contribution < -0.4 is 9.47 Å². The van der Waals surface area contributed by atoms with Gasteiger partial charge in [0.25, 0.3) is 0 Å². The van der Waals surface area contributed by atoms with Crippen molar-refractivity contribution in [2.75, 3.05) is 7.11 Å². The smallest absolute Gasteiger partial charge is 0.309 e. The van der Waals surface area contributed by atoms with Crippen LogP contribution in [0.2, 0.25) is 0 Å². The number of pyridine rings is 1. The van der Waals surface area contributed by atoms with E-state index in [4.69, 9.17) is 14.5 Å². The molecule has 0 saturated carbocycles. The number of aryl methyl sites for hydroxylation is 3. The lowest BCUT2D eigenvalue weighted by molar-refractivity contribution is -0.145. The van der Waals surface area contributed by atoms with Crippen molar-refractivity contribution in [3.8, 4) is 22.9 Å². The molecule has 8 nitrogen and oxygen atoms in total. The van der Waals surface area contributed by atoms with Crippen molar-refractivity contribution in [1.29, 1.82) is 0 Å². The van der Waals surface area contributed by atoms with Crippen LogP contribution in [0.25, 0.3) is 11.3 Å². The van der Waals surface area contributed by atoms with Crippen molar-refractivity contribution >= 4 is 5.97 Å². The molecule has 3 aromatic rings. The first-order chi connectivity index (χ1) is 15.8. The van der Waals surface area contributed by atoms with Crippen LogP contribution in [0.3, 0.4) is 0 Å². The van der Waals surface area contributed by atoms with Gasteiger partial charge in [-0.25, -0.2) is 9.97 Å². The molecule has 0 aliphatic carbocycles. The topological polar surface area (TPSA) is 115 Å². The second kappa shape index (κ2) is 9.15. The van der Waals surface area contributed by atoms with E-state index in [-0.39, 0.29) is 6.10 Å². The molecule has 2 aromatic heterocycles. The minimum Gasteiger partial charge on any atom is -0.484 e. The van der Waals surface area contributed by atoms with E-state index >= 15 is 0 Å². The number of benzene rings is 1. The zero-order chi connectivity index (χ0) is 23.7. The summed E-state index contributed by atoms with van der Waals surface area (Å²) < 4.78 is 11.5. The van der Waals surface area contributed by atoms with Crippen molar-refractivity contribution in [3.63, 3.8) is 0 Å². The third kappa shape index (κ3) is 4.52. The molecule has 0 amide bonds. The average Bonchev–Trinajstić information content (AvgIpc) is 2.82. The highest BCUT2D eigenvalue weighted by Crippen LogP contribution is 2.38. The van der Waals surface area contributed by atoms with Crippen LogP contribution in [0.1, 0.15) is 53.6 Å². The van der Waals surface area contributed by atoms with Gasteiger partial charge in [-0.3, -0.25) is 9.78 Å². The minimum atomic E-state index is -1.11. The molecule has 0 radical (unpaired) electrons. The lowest BCUT2D eigenvalue weighted by Crippen LogP contribution is -2.20. The lowest BCUT2D eigenvalue weighted by Gasteiger charge is -2.27. The first-order valence-electron chi connectivity index (χ1n) is 10.8. The molecule has 0 fully saturated rings. The fourth-order valence-corrected chi connectivity index (χ4v) is 4.02. The van der Waals surface area contributed by atoms with E-state index in [9.17, 15) is 15.0 Å². The van der Waals surface area contributed by atoms with E-state index in [1.54, 1.807) is 31.6 Å². The Balaban J connectivity index is 1.60. The average molecular weight is 450 g/mol. The molecule has 3 atom stereocenters. The predicted octanol–water partition coefficient (Wildman–Crippen LogP) is 3.98. The summed E-state index contributed by atoms with van der Waals surface area (Å²) in [4.78, 5) is 24.9. The van der Waals surface area contributed by atoms with Crippen LogP contribution >= 0.6 is 0 Å². The highest BCUT2D eigenvalue weighted by molar-refractivity contribution is 5.70. The molecule has 4 rings (SSSR count). The lowest BCUT2D eigenvalue weighted by atomic mass is 9.93. The predicted molar refractivity (Wildman–Crippen MR) is 121 cm³/mol. The van der Waals surface area contributed by atoms with E-state index in [2.05, 4.69) is 9.97 Å². The van der Waals surface area contributed by atoms with Gasteiger partial charge >= 0.3 is 5.97 Å². The molecule has 8 heteroatoms. The maximum Gasteiger partial charge on any atom is 0.309 e. The number of aliphatic hydroxyl groups excluding tert-OH is 1. The zero-order valence-electron chi connectivity index (χ0n) is 19.1. The number of hydrogen-bond donors (Lipinski definition) is 2. The molecule has 1 aliphatic rings. The maximum absolute atomic E-state index is 11.2. The number of fused-ring (bicyclic) bond motifs is 1. The molecule has 33 heavy (non-hydrogen) atoms. The fraction of sp³-hybridized carbons (Fsp3) is 0.360. The summed E-state index contributed by atoms with van der Waals surface area (Å²) in [5.41, 5.74) is 5.68. The van der Waals surface area contributed by atoms with Gasteiger partial charge in [0.2, 0.25) is 5.88 Å². The van der Waals surface area contributed by atoms with Gasteiger partial charge in [0.05, 0.1) is 36.7 Å². The van der Waals surface area contributed by atoms with Gasteiger partial charge in [0.1, 0.15) is 17.5 Å². The number of carboxylic acid groups (broad SMARTS) is 1. The summed E-state index contributed by atoms with van der Waals surface area (Å²) in [6.45, 7) is 5.36. The van der Waals surface area contributed by atoms with Crippen molar-refractivity contribution in [1.82, 2.24) is 15.0 Å². The molecule has 0 saturated heterocycles. The van der Waals surface area contributed by atoms with Gasteiger partial charge in [-0.2, -0.15) is 0 Å². The Bertz CT molecular complexity index is 1200. The highest BCUT2D eigenvalue weighted by atomic mass is 16.5. The van der Waals surface area contributed by atoms with E-state index < -0.39 is 18.0 Å². The number of carboxylic acids is 1. The molecular weight excluding hydrogens is 422 g/mol. The van der Waals surface area contributed by atoms with Crippen molar-refractivity contribution in [3.05, 3.63) is 64.7 Å². The number of carbonyl (C=O) groups is 1. The van der Waals surface area contributed by atoms with E-state index in [0.717, 1.165) is 46.6 Å². The highest BCUT2D eigenvalue weighted by Gasteiger charge is 2.28. The van der Waals surface area contributed by atoms with Gasteiger partial charge < -0.3 is 19.7 Å². The SMILES string of the molecule is COc1cc(-c2cnc(C3CCc4ccc([C@H](O)[C@H](C)C(=O)O)cc4O3)c(C)n2)c(C)cn1. The Hall–Kier alpha value is -3.52. The third-order valence-corrected chi connectivity index (χ3v) is 6.09. The Morgan fingerprint density at radius 3 is 2.70 bits per heavy atom. The first kappa shape index (κ1) is 22.7. The second-order valence-corrected chi connectivity index (χ2v) is 8.35. The summed E-state index contributed by atoms with van der Waals surface area (Å²) in [5.74, 6) is -0.813. The van der Waals surface area contributed by atoms with Gasteiger partial charge in [-0.05, 0) is 56.4 Å². The Labute approximate surface area is 192 Å². The molecule has 2 N–H and O–H groups in total. The normalized spacial score (nSPS) is 16.9. The molecule has 172 valence electrons. The number of aliphatic hydroxyl groups is 1. The van der Waals surface area contributed by atoms with E-state index in [1.165, 1.54) is 6.92 Å². The van der Waals surface area contributed by atoms with Crippen LogP contribution in [0, 0.1) is 19.8 Å². The molecule has 1 aliphatic heterocycles. The maximum atomic E-state index is 11.2. The number of rotatable bonds is 6. The van der Waals surface area contributed by atoms with Gasteiger partial charge in [0.15, 0.2) is 0 Å². The van der Waals surface area contributed by atoms with Crippen LogP contribution in [0.15, 0.2) is 36.7 Å². The number of aliphatic carboxylic acids is 1. The van der Waals surface area contributed by atoms with Gasteiger partial charge in [-0.1, -0.05) is 12.1 Å². The molecule has 1 unspecified atom stereocenters. The number of ether oxygens (including phenoxy) is 2. The number of nitrogens with zero attached hydrogens (tertiary/aromatic N) is 3. The molecular formula is C25H27N3O5. The molecule has 3 heterocycles. The molecule has 0 bridgehead atoms. The molecule has 1 aromatic carbocycles. The summed E-state index contributed by atoms with van der Waals surface area (Å²) in [5, 5.41) is 19.6. The third-order valence-electron chi connectivity index (χ3n) is 6.09. The quantitative estimate of drug-likeness (QED) is 0.581. The molecule has 0 spiro atoms. The van der Waals surface area contributed by atoms with Crippen LogP contribution in [-0.4, -0.2) is 38.2 Å². The summed E-state index contributed by atoms with van der Waals surface area (Å²) in [7, 11) is 1.58. The number of aromatic nitrogens is 3. The Morgan fingerprint density at radius 1 is 1.21 bits per heavy atom. The van der Waals surface area contributed by atoms with Crippen LogP contribution in [0.4, 0.5) is 0 Å². The fourth-order valence-electron chi connectivity index (χ4n) is 4.02.